The molecule has 15 heavy (non-hydrogen) atoms. The van der Waals surface area contributed by atoms with E-state index >= 15 is 0 Å². The van der Waals surface area contributed by atoms with E-state index < -0.39 is 0 Å². The van der Waals surface area contributed by atoms with Crippen LogP contribution in [-0.4, -0.2) is 35.4 Å². The predicted octanol–water partition coefficient (Wildman–Crippen LogP) is 0.639. The van der Waals surface area contributed by atoms with Crippen molar-refractivity contribution < 1.29 is 9.53 Å². The minimum atomic E-state index is -0.0564. The number of hydrogen-bond acceptors (Lipinski definition) is 3. The lowest BCUT2D eigenvalue weighted by molar-refractivity contribution is -0.122. The Balaban J connectivity index is 2.36. The Labute approximate surface area is 102 Å². The number of aromatic nitrogens is 2. The van der Waals surface area contributed by atoms with Gasteiger partial charge in [0, 0.05) is 19.3 Å². The summed E-state index contributed by atoms with van der Waals surface area (Å²) < 4.78 is 7.55. The fourth-order valence-corrected chi connectivity index (χ4v) is 1.63. The number of nitrogens with one attached hydrogen (secondary N) is 1. The molecule has 0 aliphatic heterocycles. The van der Waals surface area contributed by atoms with E-state index in [2.05, 4.69) is 33.0 Å². The van der Waals surface area contributed by atoms with Crippen LogP contribution in [0.25, 0.3) is 0 Å². The Kier molecular flexibility index (Phi) is 5.03. The molecule has 0 aliphatic rings. The molecule has 1 aromatic heterocycles. The van der Waals surface area contributed by atoms with Crippen LogP contribution in [-0.2, 0) is 16.1 Å². The van der Waals surface area contributed by atoms with Crippen LogP contribution in [0.1, 0.15) is 6.92 Å². The third kappa shape index (κ3) is 4.61. The molecule has 1 unspecified atom stereocenters. The summed E-state index contributed by atoms with van der Waals surface area (Å²) >= 11 is 2.15. The van der Waals surface area contributed by atoms with E-state index in [1.165, 1.54) is 0 Å². The van der Waals surface area contributed by atoms with Crippen molar-refractivity contribution in [1.29, 1.82) is 0 Å². The van der Waals surface area contributed by atoms with Gasteiger partial charge in [-0.05, 0) is 29.5 Å². The lowest BCUT2D eigenvalue weighted by atomic mass is 10.3. The number of ether oxygens (including phenoxy) is 1. The molecule has 1 N–H and O–H groups in total. The number of hydrogen-bond donors (Lipinski definition) is 1. The average Bonchev–Trinajstić information content (AvgIpc) is 2.51. The maximum Gasteiger partial charge on any atom is 0.242 e. The van der Waals surface area contributed by atoms with Crippen molar-refractivity contribution >= 4 is 28.5 Å². The van der Waals surface area contributed by atoms with E-state index in [4.69, 9.17) is 4.74 Å². The predicted molar refractivity (Wildman–Crippen MR) is 64.4 cm³/mol. The summed E-state index contributed by atoms with van der Waals surface area (Å²) in [5.41, 5.74) is 0. The molecular formula is C9H14IN3O2. The molecule has 0 saturated carbocycles. The van der Waals surface area contributed by atoms with Gasteiger partial charge in [0.15, 0.2) is 0 Å². The molecule has 6 heteroatoms. The number of carbonyl (C=O) groups excluding carboxylic acids is 1. The largest absolute Gasteiger partial charge is 0.383 e. The van der Waals surface area contributed by atoms with Crippen LogP contribution in [0.2, 0.25) is 0 Å². The first-order chi connectivity index (χ1) is 7.11. The van der Waals surface area contributed by atoms with Gasteiger partial charge in [0.1, 0.15) is 6.54 Å². The van der Waals surface area contributed by atoms with E-state index in [0.717, 1.165) is 3.57 Å². The van der Waals surface area contributed by atoms with Gasteiger partial charge in [0.25, 0.3) is 0 Å². The van der Waals surface area contributed by atoms with Crippen molar-refractivity contribution in [3.8, 4) is 0 Å². The lowest BCUT2D eigenvalue weighted by Crippen LogP contribution is -2.37. The summed E-state index contributed by atoms with van der Waals surface area (Å²) in [7, 11) is 1.61. The minimum Gasteiger partial charge on any atom is -0.383 e. The summed E-state index contributed by atoms with van der Waals surface area (Å²) in [6.45, 7) is 2.66. The Morgan fingerprint density at radius 3 is 3.07 bits per heavy atom. The van der Waals surface area contributed by atoms with Crippen molar-refractivity contribution in [2.75, 3.05) is 13.7 Å². The molecule has 0 saturated heterocycles. The molecule has 1 aromatic rings. The van der Waals surface area contributed by atoms with Gasteiger partial charge in [-0.25, -0.2) is 0 Å². The van der Waals surface area contributed by atoms with Gasteiger partial charge < -0.3 is 10.1 Å². The van der Waals surface area contributed by atoms with Crippen molar-refractivity contribution in [2.45, 2.75) is 19.5 Å². The smallest absolute Gasteiger partial charge is 0.242 e. The average molecular weight is 323 g/mol. The first kappa shape index (κ1) is 12.4. The normalized spacial score (nSPS) is 12.5. The van der Waals surface area contributed by atoms with Gasteiger partial charge in [-0.3, -0.25) is 9.48 Å². The van der Waals surface area contributed by atoms with Crippen molar-refractivity contribution in [3.05, 3.63) is 16.0 Å². The summed E-state index contributed by atoms with van der Waals surface area (Å²) in [6.07, 6.45) is 3.54. The van der Waals surface area contributed by atoms with Crippen molar-refractivity contribution in [2.24, 2.45) is 0 Å². The molecule has 5 nitrogen and oxygen atoms in total. The maximum absolute atomic E-state index is 11.5. The number of nitrogens with zero attached hydrogens (tertiary/aromatic N) is 2. The van der Waals surface area contributed by atoms with Gasteiger partial charge in [-0.1, -0.05) is 0 Å². The highest BCUT2D eigenvalue weighted by atomic mass is 127. The van der Waals surface area contributed by atoms with Crippen LogP contribution in [0.3, 0.4) is 0 Å². The molecule has 0 aliphatic carbocycles. The molecule has 0 spiro atoms. The zero-order valence-electron chi connectivity index (χ0n) is 8.74. The highest BCUT2D eigenvalue weighted by Crippen LogP contribution is 2.00. The molecule has 1 rings (SSSR count). The molecule has 1 heterocycles. The summed E-state index contributed by atoms with van der Waals surface area (Å²) in [5, 5.41) is 6.84. The van der Waals surface area contributed by atoms with Gasteiger partial charge in [-0.15, -0.1) is 0 Å². The van der Waals surface area contributed by atoms with Gasteiger partial charge >= 0.3 is 0 Å². The van der Waals surface area contributed by atoms with Crippen molar-refractivity contribution in [1.82, 2.24) is 15.1 Å². The maximum atomic E-state index is 11.5. The van der Waals surface area contributed by atoms with Crippen LogP contribution in [0.5, 0.6) is 0 Å². The molecular weight excluding hydrogens is 309 g/mol. The molecule has 0 aromatic carbocycles. The van der Waals surface area contributed by atoms with E-state index in [1.807, 2.05) is 13.1 Å². The van der Waals surface area contributed by atoms with Gasteiger partial charge in [0.2, 0.25) is 5.91 Å². The van der Waals surface area contributed by atoms with Crippen LogP contribution < -0.4 is 5.32 Å². The van der Waals surface area contributed by atoms with Gasteiger partial charge in [0.05, 0.1) is 16.4 Å². The Bertz CT molecular complexity index is 327. The lowest BCUT2D eigenvalue weighted by Gasteiger charge is -2.12. The zero-order chi connectivity index (χ0) is 11.3. The number of amides is 1. The Morgan fingerprint density at radius 2 is 2.53 bits per heavy atom. The highest BCUT2D eigenvalue weighted by molar-refractivity contribution is 14.1. The third-order valence-electron chi connectivity index (χ3n) is 1.73. The van der Waals surface area contributed by atoms with Gasteiger partial charge in [-0.2, -0.15) is 5.10 Å². The van der Waals surface area contributed by atoms with Crippen molar-refractivity contribution in [3.63, 3.8) is 0 Å². The van der Waals surface area contributed by atoms with E-state index in [1.54, 1.807) is 18.0 Å². The Morgan fingerprint density at radius 1 is 1.80 bits per heavy atom. The molecule has 84 valence electrons. The number of methoxy groups -OCH3 is 1. The van der Waals surface area contributed by atoms with E-state index in [9.17, 15) is 4.79 Å². The first-order valence-electron chi connectivity index (χ1n) is 4.58. The minimum absolute atomic E-state index is 0.0251. The van der Waals surface area contributed by atoms with Crippen LogP contribution in [0.4, 0.5) is 0 Å². The van der Waals surface area contributed by atoms with E-state index in [-0.39, 0.29) is 18.5 Å². The molecule has 0 fully saturated rings. The van der Waals surface area contributed by atoms with E-state index in [0.29, 0.717) is 6.61 Å². The second kappa shape index (κ2) is 6.06. The number of carbonyl (C=O) groups is 1. The summed E-state index contributed by atoms with van der Waals surface area (Å²) in [4.78, 5) is 11.5. The van der Waals surface area contributed by atoms with Crippen LogP contribution in [0.15, 0.2) is 12.4 Å². The summed E-state index contributed by atoms with van der Waals surface area (Å²) in [6, 6.07) is 0.0251. The monoisotopic (exact) mass is 323 g/mol. The molecule has 0 radical (unpaired) electrons. The zero-order valence-corrected chi connectivity index (χ0v) is 10.9. The number of rotatable bonds is 5. The molecule has 0 bridgehead atoms. The number of halogens is 1. The fraction of sp³-hybridized carbons (Fsp3) is 0.556. The second-order valence-electron chi connectivity index (χ2n) is 3.28. The summed E-state index contributed by atoms with van der Waals surface area (Å²) in [5.74, 6) is -0.0564. The van der Waals surface area contributed by atoms with Crippen LogP contribution >= 0.6 is 22.6 Å². The SMILES string of the molecule is COCC(C)NC(=O)Cn1cc(I)cn1. The second-order valence-corrected chi connectivity index (χ2v) is 4.53. The fourth-order valence-electron chi connectivity index (χ4n) is 1.18. The Hall–Kier alpha value is -0.630. The molecule has 1 amide bonds. The van der Waals surface area contributed by atoms with Crippen LogP contribution in [0, 0.1) is 3.57 Å². The highest BCUT2D eigenvalue weighted by Gasteiger charge is 2.07. The third-order valence-corrected chi connectivity index (χ3v) is 2.29. The standard InChI is InChI=1S/C9H14IN3O2/c1-7(6-15-2)12-9(14)5-13-4-8(10)3-11-13/h3-4,7H,5-6H2,1-2H3,(H,12,14). The molecule has 1 atom stereocenters. The quantitative estimate of drug-likeness (QED) is 0.809. The first-order valence-corrected chi connectivity index (χ1v) is 5.66. The topological polar surface area (TPSA) is 56.1 Å².